The second-order valence-electron chi connectivity index (χ2n) is 6.52. The van der Waals surface area contributed by atoms with E-state index >= 15 is 0 Å². The summed E-state index contributed by atoms with van der Waals surface area (Å²) in [6.45, 7) is 8.90. The van der Waals surface area contributed by atoms with Crippen LogP contribution < -0.4 is 5.32 Å². The van der Waals surface area contributed by atoms with Crippen molar-refractivity contribution in [3.8, 4) is 0 Å². The number of nitrogens with one attached hydrogen (secondary N) is 1. The first-order valence-electron chi connectivity index (χ1n) is 7.33. The molecule has 1 aromatic rings. The Kier molecular flexibility index (Phi) is 6.11. The summed E-state index contributed by atoms with van der Waals surface area (Å²) in [6, 6.07) is 7.94. The SMILES string of the molecule is COC(=O)NC(=O)[C@@H](C)N(C)Cc1ccc(C(C)(C)C)cc1. The number of rotatable bonds is 4. The fraction of sp³-hybridized carbons (Fsp3) is 0.529. The second kappa shape index (κ2) is 7.40. The molecule has 5 nitrogen and oxygen atoms in total. The standard InChI is InChI=1S/C17H26N2O3/c1-12(15(20)18-16(21)22-6)19(5)11-13-7-9-14(10-8-13)17(2,3)4/h7-10,12H,11H2,1-6H3,(H,18,20,21)/t12-/m1/s1. The molecule has 0 saturated heterocycles. The normalized spacial score (nSPS) is 12.9. The number of ether oxygens (including phenoxy) is 1. The molecule has 2 amide bonds. The summed E-state index contributed by atoms with van der Waals surface area (Å²) >= 11 is 0. The van der Waals surface area contributed by atoms with Gasteiger partial charge in [0.05, 0.1) is 13.2 Å². The lowest BCUT2D eigenvalue weighted by Gasteiger charge is -2.24. The number of benzene rings is 1. The topological polar surface area (TPSA) is 58.6 Å². The van der Waals surface area contributed by atoms with Gasteiger partial charge >= 0.3 is 6.09 Å². The number of imide groups is 1. The van der Waals surface area contributed by atoms with E-state index in [9.17, 15) is 9.59 Å². The average molecular weight is 306 g/mol. The van der Waals surface area contributed by atoms with Crippen LogP contribution in [-0.2, 0) is 21.5 Å². The minimum atomic E-state index is -0.736. The molecule has 0 saturated carbocycles. The molecule has 1 N–H and O–H groups in total. The number of alkyl carbamates (subject to hydrolysis) is 1. The van der Waals surface area contributed by atoms with Crippen LogP contribution in [0.25, 0.3) is 0 Å². The zero-order chi connectivity index (χ0) is 16.9. The van der Waals surface area contributed by atoms with Crippen molar-refractivity contribution in [1.29, 1.82) is 0 Å². The molecule has 0 aliphatic heterocycles. The van der Waals surface area contributed by atoms with Crippen molar-refractivity contribution in [1.82, 2.24) is 10.2 Å². The number of nitrogens with zero attached hydrogens (tertiary/aromatic N) is 1. The van der Waals surface area contributed by atoms with E-state index in [0.29, 0.717) is 6.54 Å². The fourth-order valence-electron chi connectivity index (χ4n) is 1.99. The lowest BCUT2D eigenvalue weighted by molar-refractivity contribution is -0.124. The van der Waals surface area contributed by atoms with Crippen molar-refractivity contribution >= 4 is 12.0 Å². The van der Waals surface area contributed by atoms with Crippen LogP contribution in [0, 0.1) is 0 Å². The molecule has 0 aliphatic rings. The Balaban J connectivity index is 2.66. The highest BCUT2D eigenvalue weighted by Crippen LogP contribution is 2.22. The highest BCUT2D eigenvalue weighted by Gasteiger charge is 2.20. The molecular weight excluding hydrogens is 280 g/mol. The Morgan fingerprint density at radius 3 is 2.23 bits per heavy atom. The molecule has 0 bridgehead atoms. The maximum absolute atomic E-state index is 11.9. The number of carbonyl (C=O) groups excluding carboxylic acids is 2. The van der Waals surface area contributed by atoms with E-state index < -0.39 is 12.1 Å². The smallest absolute Gasteiger partial charge is 0.413 e. The van der Waals surface area contributed by atoms with E-state index in [1.807, 2.05) is 11.9 Å². The van der Waals surface area contributed by atoms with Crippen molar-refractivity contribution in [2.75, 3.05) is 14.2 Å². The van der Waals surface area contributed by atoms with Gasteiger partial charge in [0.15, 0.2) is 0 Å². The van der Waals surface area contributed by atoms with Crippen LogP contribution in [0.2, 0.25) is 0 Å². The number of hydrogen-bond acceptors (Lipinski definition) is 4. The summed E-state index contributed by atoms with van der Waals surface area (Å²) in [6.07, 6.45) is -0.736. The highest BCUT2D eigenvalue weighted by atomic mass is 16.5. The van der Waals surface area contributed by atoms with Gasteiger partial charge in [0, 0.05) is 6.54 Å². The van der Waals surface area contributed by atoms with Crippen LogP contribution in [0.1, 0.15) is 38.8 Å². The number of carbonyl (C=O) groups is 2. The van der Waals surface area contributed by atoms with E-state index in [-0.39, 0.29) is 11.3 Å². The highest BCUT2D eigenvalue weighted by molar-refractivity contribution is 5.94. The summed E-state index contributed by atoms with van der Waals surface area (Å²) in [5.41, 5.74) is 2.52. The van der Waals surface area contributed by atoms with Crippen molar-refractivity contribution in [2.24, 2.45) is 0 Å². The minimum absolute atomic E-state index is 0.123. The Bertz CT molecular complexity index is 518. The van der Waals surface area contributed by atoms with Crippen molar-refractivity contribution in [2.45, 2.75) is 45.7 Å². The third-order valence-corrected chi connectivity index (χ3v) is 3.70. The lowest BCUT2D eigenvalue weighted by atomic mass is 9.87. The number of likely N-dealkylation sites (N-methyl/N-ethyl adjacent to an activating group) is 1. The van der Waals surface area contributed by atoms with Crippen molar-refractivity contribution < 1.29 is 14.3 Å². The van der Waals surface area contributed by atoms with Gasteiger partial charge in [0.2, 0.25) is 5.91 Å². The van der Waals surface area contributed by atoms with E-state index in [1.165, 1.54) is 12.7 Å². The molecule has 22 heavy (non-hydrogen) atoms. The van der Waals surface area contributed by atoms with Crippen LogP contribution in [0.15, 0.2) is 24.3 Å². The van der Waals surface area contributed by atoms with Gasteiger partial charge < -0.3 is 4.74 Å². The van der Waals surface area contributed by atoms with Crippen LogP contribution in [-0.4, -0.2) is 37.1 Å². The molecule has 1 atom stereocenters. The first kappa shape index (κ1) is 18.2. The Hall–Kier alpha value is -1.88. The predicted octanol–water partition coefficient (Wildman–Crippen LogP) is 2.69. The van der Waals surface area contributed by atoms with Crippen molar-refractivity contribution in [3.05, 3.63) is 35.4 Å². The predicted molar refractivity (Wildman–Crippen MR) is 86.6 cm³/mol. The third kappa shape index (κ3) is 5.15. The van der Waals surface area contributed by atoms with Gasteiger partial charge in [-0.15, -0.1) is 0 Å². The summed E-state index contributed by atoms with van der Waals surface area (Å²) in [5.74, 6) is -0.374. The molecule has 0 spiro atoms. The van der Waals surface area contributed by atoms with E-state index in [1.54, 1.807) is 6.92 Å². The Morgan fingerprint density at radius 1 is 1.23 bits per heavy atom. The first-order valence-corrected chi connectivity index (χ1v) is 7.33. The zero-order valence-corrected chi connectivity index (χ0v) is 14.3. The molecule has 0 aliphatic carbocycles. The molecule has 122 valence electrons. The van der Waals surface area contributed by atoms with Crippen LogP contribution in [0.3, 0.4) is 0 Å². The fourth-order valence-corrected chi connectivity index (χ4v) is 1.99. The first-order chi connectivity index (χ1) is 10.1. The maximum atomic E-state index is 11.9. The average Bonchev–Trinajstić information content (AvgIpc) is 2.45. The third-order valence-electron chi connectivity index (χ3n) is 3.70. The molecule has 5 heteroatoms. The van der Waals surface area contributed by atoms with Gasteiger partial charge in [-0.3, -0.25) is 15.0 Å². The number of amides is 2. The number of hydrogen-bond donors (Lipinski definition) is 1. The molecule has 0 radical (unpaired) electrons. The van der Waals surface area contributed by atoms with Gasteiger partial charge in [0.1, 0.15) is 0 Å². The Labute approximate surface area is 132 Å². The molecular formula is C17H26N2O3. The summed E-state index contributed by atoms with van der Waals surface area (Å²) in [5, 5.41) is 2.18. The summed E-state index contributed by atoms with van der Waals surface area (Å²) in [7, 11) is 3.08. The molecule has 1 rings (SSSR count). The van der Waals surface area contributed by atoms with E-state index in [2.05, 4.69) is 55.1 Å². The monoisotopic (exact) mass is 306 g/mol. The van der Waals surface area contributed by atoms with Gasteiger partial charge in [-0.1, -0.05) is 45.0 Å². The van der Waals surface area contributed by atoms with Gasteiger partial charge in [-0.05, 0) is 30.5 Å². The maximum Gasteiger partial charge on any atom is 0.413 e. The summed E-state index contributed by atoms with van der Waals surface area (Å²) < 4.78 is 4.42. The second-order valence-corrected chi connectivity index (χ2v) is 6.52. The van der Waals surface area contributed by atoms with Crippen LogP contribution in [0.5, 0.6) is 0 Å². The molecule has 0 unspecified atom stereocenters. The molecule has 0 heterocycles. The van der Waals surface area contributed by atoms with Gasteiger partial charge in [-0.2, -0.15) is 0 Å². The van der Waals surface area contributed by atoms with Crippen LogP contribution in [0.4, 0.5) is 4.79 Å². The van der Waals surface area contributed by atoms with E-state index in [4.69, 9.17) is 0 Å². The van der Waals surface area contributed by atoms with E-state index in [0.717, 1.165) is 5.56 Å². The van der Waals surface area contributed by atoms with Crippen molar-refractivity contribution in [3.63, 3.8) is 0 Å². The lowest BCUT2D eigenvalue weighted by Crippen LogP contribution is -2.45. The molecule has 0 fully saturated rings. The largest absolute Gasteiger partial charge is 0.453 e. The van der Waals surface area contributed by atoms with Gasteiger partial charge in [-0.25, -0.2) is 4.79 Å². The molecule has 0 aromatic heterocycles. The van der Waals surface area contributed by atoms with Crippen LogP contribution >= 0.6 is 0 Å². The molecule has 1 aromatic carbocycles. The van der Waals surface area contributed by atoms with Gasteiger partial charge in [0.25, 0.3) is 0 Å². The zero-order valence-electron chi connectivity index (χ0n) is 14.3. The Morgan fingerprint density at radius 2 is 1.77 bits per heavy atom. The summed E-state index contributed by atoms with van der Waals surface area (Å²) in [4.78, 5) is 24.8. The number of methoxy groups -OCH3 is 1. The quantitative estimate of drug-likeness (QED) is 0.929. The minimum Gasteiger partial charge on any atom is -0.453 e.